The van der Waals surface area contributed by atoms with E-state index in [0.29, 0.717) is 13.1 Å². The zero-order valence-electron chi connectivity index (χ0n) is 12.9. The van der Waals surface area contributed by atoms with Gasteiger partial charge in [0.25, 0.3) is 0 Å². The first-order chi connectivity index (χ1) is 10.2. The fourth-order valence-corrected chi connectivity index (χ4v) is 2.29. The van der Waals surface area contributed by atoms with E-state index in [1.165, 1.54) is 0 Å². The molecule has 0 spiro atoms. The molecule has 0 atom stereocenters. The van der Waals surface area contributed by atoms with Gasteiger partial charge >= 0.3 is 0 Å². The van der Waals surface area contributed by atoms with Crippen molar-refractivity contribution in [3.05, 3.63) is 30.1 Å². The Balaban J connectivity index is 2.30. The van der Waals surface area contributed by atoms with Gasteiger partial charge in [0, 0.05) is 26.3 Å². The molecule has 21 heavy (non-hydrogen) atoms. The zero-order valence-corrected chi connectivity index (χ0v) is 12.9. The van der Waals surface area contributed by atoms with E-state index < -0.39 is 0 Å². The van der Waals surface area contributed by atoms with Crippen LogP contribution in [-0.2, 0) is 11.3 Å². The van der Waals surface area contributed by atoms with E-state index in [0.717, 1.165) is 30.2 Å². The lowest BCUT2D eigenvalue weighted by atomic mass is 10.3. The summed E-state index contributed by atoms with van der Waals surface area (Å²) >= 11 is 0. The second-order valence-electron chi connectivity index (χ2n) is 4.90. The van der Waals surface area contributed by atoms with Crippen LogP contribution in [0.2, 0.25) is 0 Å². The van der Waals surface area contributed by atoms with Gasteiger partial charge in [-0.2, -0.15) is 0 Å². The van der Waals surface area contributed by atoms with Crippen LogP contribution in [0.3, 0.4) is 0 Å². The maximum atomic E-state index is 11.8. The summed E-state index contributed by atoms with van der Waals surface area (Å²) in [6.07, 6.45) is 2.00. The average molecular weight is 289 g/mol. The molecular formula is C15H23N5O. The highest BCUT2D eigenvalue weighted by atomic mass is 16.2. The third kappa shape index (κ3) is 3.52. The molecule has 0 aliphatic carbocycles. The molecule has 1 amide bonds. The number of fused-ring (bicyclic) bond motifs is 1. The van der Waals surface area contributed by atoms with Gasteiger partial charge in [0.2, 0.25) is 5.91 Å². The Bertz CT molecular complexity index is 607. The quantitative estimate of drug-likeness (QED) is 0.799. The van der Waals surface area contributed by atoms with Gasteiger partial charge < -0.3 is 19.9 Å². The van der Waals surface area contributed by atoms with Crippen molar-refractivity contribution in [2.75, 3.05) is 31.6 Å². The number of nitrogens with zero attached hydrogens (tertiary/aromatic N) is 3. The van der Waals surface area contributed by atoms with Crippen LogP contribution in [0.4, 0.5) is 5.82 Å². The Labute approximate surface area is 125 Å². The summed E-state index contributed by atoms with van der Waals surface area (Å²) in [4.78, 5) is 18.3. The van der Waals surface area contributed by atoms with Gasteiger partial charge in [0.05, 0.1) is 12.2 Å². The minimum atomic E-state index is 0.00598. The van der Waals surface area contributed by atoms with Crippen LogP contribution in [-0.4, -0.2) is 42.0 Å². The van der Waals surface area contributed by atoms with Crippen molar-refractivity contribution in [3.8, 4) is 0 Å². The molecule has 0 saturated carbocycles. The minimum Gasteiger partial charge on any atom is -0.355 e. The lowest BCUT2D eigenvalue weighted by molar-refractivity contribution is -0.119. The number of carbonyl (C=O) groups excluding carboxylic acids is 1. The largest absolute Gasteiger partial charge is 0.355 e. The minimum absolute atomic E-state index is 0.00598. The molecule has 0 aliphatic rings. The van der Waals surface area contributed by atoms with Crippen molar-refractivity contribution < 1.29 is 4.79 Å². The van der Waals surface area contributed by atoms with Crippen molar-refractivity contribution >= 4 is 17.4 Å². The molecule has 2 aromatic heterocycles. The maximum absolute atomic E-state index is 11.8. The van der Waals surface area contributed by atoms with E-state index in [-0.39, 0.29) is 5.91 Å². The number of aromatic nitrogens is 2. The zero-order chi connectivity index (χ0) is 15.2. The summed E-state index contributed by atoms with van der Waals surface area (Å²) in [7, 11) is 1.90. The summed E-state index contributed by atoms with van der Waals surface area (Å²) in [5.41, 5.74) is 1.96. The number of nitrogens with one attached hydrogen (secondary N) is 2. The molecule has 0 fully saturated rings. The van der Waals surface area contributed by atoms with Gasteiger partial charge in [0.15, 0.2) is 5.82 Å². The van der Waals surface area contributed by atoms with Crippen LogP contribution in [0.5, 0.6) is 0 Å². The van der Waals surface area contributed by atoms with Crippen molar-refractivity contribution in [1.29, 1.82) is 0 Å². The predicted octanol–water partition coefficient (Wildman–Crippen LogP) is 1.02. The van der Waals surface area contributed by atoms with Crippen LogP contribution in [0.15, 0.2) is 24.4 Å². The first-order valence-corrected chi connectivity index (χ1v) is 7.31. The first kappa shape index (κ1) is 15.3. The van der Waals surface area contributed by atoms with Gasteiger partial charge in [-0.05, 0) is 25.6 Å². The van der Waals surface area contributed by atoms with Gasteiger partial charge in [-0.1, -0.05) is 13.0 Å². The van der Waals surface area contributed by atoms with Crippen LogP contribution >= 0.6 is 0 Å². The summed E-state index contributed by atoms with van der Waals surface area (Å²) in [6.45, 7) is 6.54. The topological polar surface area (TPSA) is 61.7 Å². The number of amides is 1. The molecule has 0 aliphatic heterocycles. The Morgan fingerprint density at radius 1 is 1.33 bits per heavy atom. The molecule has 2 N–H and O–H groups in total. The highest BCUT2D eigenvalue weighted by Crippen LogP contribution is 2.20. The van der Waals surface area contributed by atoms with Gasteiger partial charge in [-0.15, -0.1) is 0 Å². The lowest BCUT2D eigenvalue weighted by Gasteiger charge is -2.18. The van der Waals surface area contributed by atoms with Crippen molar-refractivity contribution in [2.45, 2.75) is 20.4 Å². The SMILES string of the molecule is CCNCc1c(N(C)CC(=O)NCC)nc2ccccn12. The van der Waals surface area contributed by atoms with Gasteiger partial charge in [-0.25, -0.2) is 4.98 Å². The Morgan fingerprint density at radius 2 is 2.14 bits per heavy atom. The van der Waals surface area contributed by atoms with Crippen molar-refractivity contribution in [2.24, 2.45) is 0 Å². The van der Waals surface area contributed by atoms with Gasteiger partial charge in [-0.3, -0.25) is 4.79 Å². The van der Waals surface area contributed by atoms with E-state index in [2.05, 4.69) is 26.9 Å². The molecule has 2 rings (SSSR count). The molecule has 114 valence electrons. The van der Waals surface area contributed by atoms with E-state index in [1.54, 1.807) is 0 Å². The number of imidazole rings is 1. The van der Waals surface area contributed by atoms with E-state index in [9.17, 15) is 4.79 Å². The molecule has 6 nitrogen and oxygen atoms in total. The molecule has 6 heteroatoms. The molecule has 0 radical (unpaired) electrons. The Morgan fingerprint density at radius 3 is 2.86 bits per heavy atom. The van der Waals surface area contributed by atoms with Crippen LogP contribution in [0.1, 0.15) is 19.5 Å². The fourth-order valence-electron chi connectivity index (χ4n) is 2.29. The average Bonchev–Trinajstić information content (AvgIpc) is 2.84. The highest BCUT2D eigenvalue weighted by Gasteiger charge is 2.16. The lowest BCUT2D eigenvalue weighted by Crippen LogP contribution is -2.35. The number of pyridine rings is 1. The normalized spacial score (nSPS) is 10.8. The molecule has 0 aromatic carbocycles. The van der Waals surface area contributed by atoms with Crippen molar-refractivity contribution in [3.63, 3.8) is 0 Å². The summed E-state index contributed by atoms with van der Waals surface area (Å²) < 4.78 is 2.06. The summed E-state index contributed by atoms with van der Waals surface area (Å²) in [5.74, 6) is 0.847. The number of carbonyl (C=O) groups is 1. The van der Waals surface area contributed by atoms with Crippen LogP contribution in [0, 0.1) is 0 Å². The Hall–Kier alpha value is -2.08. The molecular weight excluding hydrogens is 266 g/mol. The number of hydrogen-bond donors (Lipinski definition) is 2. The molecule has 0 saturated heterocycles. The van der Waals surface area contributed by atoms with Crippen molar-refractivity contribution in [1.82, 2.24) is 20.0 Å². The monoisotopic (exact) mass is 289 g/mol. The van der Waals surface area contributed by atoms with E-state index in [1.807, 2.05) is 43.3 Å². The summed E-state index contributed by atoms with van der Waals surface area (Å²) in [5, 5.41) is 6.14. The molecule has 2 heterocycles. The maximum Gasteiger partial charge on any atom is 0.239 e. The third-order valence-corrected chi connectivity index (χ3v) is 3.27. The number of hydrogen-bond acceptors (Lipinski definition) is 4. The number of likely N-dealkylation sites (N-methyl/N-ethyl adjacent to an activating group) is 2. The highest BCUT2D eigenvalue weighted by molar-refractivity contribution is 5.81. The molecule has 0 unspecified atom stereocenters. The second kappa shape index (κ2) is 7.08. The summed E-state index contributed by atoms with van der Waals surface area (Å²) in [6, 6.07) is 5.92. The smallest absolute Gasteiger partial charge is 0.239 e. The van der Waals surface area contributed by atoms with Crippen LogP contribution < -0.4 is 15.5 Å². The molecule has 2 aromatic rings. The first-order valence-electron chi connectivity index (χ1n) is 7.31. The number of rotatable bonds is 7. The Kier molecular flexibility index (Phi) is 5.16. The van der Waals surface area contributed by atoms with Crippen LogP contribution in [0.25, 0.3) is 5.65 Å². The predicted molar refractivity (Wildman–Crippen MR) is 84.5 cm³/mol. The second-order valence-corrected chi connectivity index (χ2v) is 4.90. The third-order valence-electron chi connectivity index (χ3n) is 3.27. The van der Waals surface area contributed by atoms with Gasteiger partial charge in [0.1, 0.15) is 5.65 Å². The molecule has 0 bridgehead atoms. The number of anilines is 1. The van der Waals surface area contributed by atoms with E-state index in [4.69, 9.17) is 0 Å². The standard InChI is InChI=1S/C15H23N5O/c1-4-16-10-12-15(19(3)11-14(21)17-5-2)18-13-8-6-7-9-20(12)13/h6-9,16H,4-5,10-11H2,1-3H3,(H,17,21). The fraction of sp³-hybridized carbons (Fsp3) is 0.467. The van der Waals surface area contributed by atoms with E-state index >= 15 is 0 Å².